The average molecular weight is 421 g/mol. The number of aliphatic carboxylic acids is 1. The highest BCUT2D eigenvalue weighted by atomic mass is 16.6. The quantitative estimate of drug-likeness (QED) is 0.759. The lowest BCUT2D eigenvalue weighted by Crippen LogP contribution is -2.49. The van der Waals surface area contributed by atoms with Crippen LogP contribution >= 0.6 is 0 Å². The number of benzene rings is 2. The first-order chi connectivity index (χ1) is 15.0. The molecule has 0 aromatic heterocycles. The summed E-state index contributed by atoms with van der Waals surface area (Å²) in [5.41, 5.74) is 4.73. The van der Waals surface area contributed by atoms with Crippen molar-refractivity contribution in [2.75, 3.05) is 13.7 Å². The lowest BCUT2D eigenvalue weighted by atomic mass is 9.94. The molecule has 6 heteroatoms. The Balaban J connectivity index is 1.34. The number of carboxylic acid groups (broad SMARTS) is 1. The molecule has 1 saturated heterocycles. The van der Waals surface area contributed by atoms with E-state index < -0.39 is 18.0 Å². The van der Waals surface area contributed by atoms with Crippen LogP contribution in [-0.4, -0.2) is 54.0 Å². The zero-order valence-corrected chi connectivity index (χ0v) is 17.7. The Bertz CT molecular complexity index is 975. The maximum atomic E-state index is 13.2. The lowest BCUT2D eigenvalue weighted by Gasteiger charge is -2.34. The van der Waals surface area contributed by atoms with Crippen LogP contribution in [0.4, 0.5) is 4.79 Å². The highest BCUT2D eigenvalue weighted by molar-refractivity contribution is 5.79. The van der Waals surface area contributed by atoms with Crippen molar-refractivity contribution in [1.82, 2.24) is 4.90 Å². The molecule has 5 atom stereocenters. The summed E-state index contributed by atoms with van der Waals surface area (Å²) >= 11 is 0. The number of fused-ring (bicyclic) bond motifs is 4. The molecule has 2 aliphatic carbocycles. The van der Waals surface area contributed by atoms with Crippen molar-refractivity contribution in [2.45, 2.75) is 43.9 Å². The van der Waals surface area contributed by atoms with Crippen LogP contribution in [0.3, 0.4) is 0 Å². The molecule has 2 aromatic rings. The fraction of sp³-hybridized carbons (Fsp3) is 0.440. The second kappa shape index (κ2) is 7.68. The van der Waals surface area contributed by atoms with Crippen molar-refractivity contribution in [3.8, 4) is 11.1 Å². The number of hydrogen-bond acceptors (Lipinski definition) is 4. The zero-order chi connectivity index (χ0) is 21.7. The van der Waals surface area contributed by atoms with E-state index in [-0.39, 0.29) is 30.7 Å². The molecule has 6 nitrogen and oxygen atoms in total. The van der Waals surface area contributed by atoms with E-state index in [9.17, 15) is 14.7 Å². The second-order valence-corrected chi connectivity index (χ2v) is 8.90. The molecule has 1 aliphatic heterocycles. The molecule has 5 rings (SSSR count). The van der Waals surface area contributed by atoms with Crippen molar-refractivity contribution >= 4 is 12.1 Å². The Morgan fingerprint density at radius 3 is 2.26 bits per heavy atom. The van der Waals surface area contributed by atoms with Crippen LogP contribution in [0.5, 0.6) is 0 Å². The van der Waals surface area contributed by atoms with E-state index in [1.807, 2.05) is 24.3 Å². The number of nitrogens with zero attached hydrogens (tertiary/aromatic N) is 1. The molecule has 1 saturated carbocycles. The van der Waals surface area contributed by atoms with Crippen LogP contribution in [0, 0.1) is 11.8 Å². The number of piperidine rings is 1. The largest absolute Gasteiger partial charge is 0.481 e. The molecule has 2 aromatic carbocycles. The second-order valence-electron chi connectivity index (χ2n) is 8.90. The first kappa shape index (κ1) is 20.1. The van der Waals surface area contributed by atoms with Gasteiger partial charge in [-0.05, 0) is 47.9 Å². The standard InChI is InChI=1S/C25H27NO5/c1-14(24(27)28)23(30-2)22-12-15-11-21(15)26(22)25(29)31-13-20-18-9-5-3-7-16(18)17-8-4-6-10-19(17)20/h3-10,14-15,20-23H,11-13H2,1-2H3,(H,27,28)/t14?,15-,21-,22-,23?/m0/s1. The third-order valence-electron chi connectivity index (χ3n) is 7.22. The summed E-state index contributed by atoms with van der Waals surface area (Å²) in [6, 6.07) is 16.4. The minimum atomic E-state index is -0.917. The molecule has 0 spiro atoms. The van der Waals surface area contributed by atoms with Crippen LogP contribution in [0.15, 0.2) is 48.5 Å². The van der Waals surface area contributed by atoms with Crippen LogP contribution in [-0.2, 0) is 14.3 Å². The number of carbonyl (C=O) groups is 2. The fourth-order valence-electron chi connectivity index (χ4n) is 5.56. The molecule has 162 valence electrons. The number of hydrogen-bond donors (Lipinski definition) is 1. The van der Waals surface area contributed by atoms with Crippen molar-refractivity contribution < 1.29 is 24.2 Å². The van der Waals surface area contributed by atoms with Gasteiger partial charge < -0.3 is 14.6 Å². The van der Waals surface area contributed by atoms with Crippen LogP contribution in [0.2, 0.25) is 0 Å². The zero-order valence-electron chi connectivity index (χ0n) is 17.7. The number of rotatable bonds is 6. The summed E-state index contributed by atoms with van der Waals surface area (Å²) in [6.07, 6.45) is 0.811. The van der Waals surface area contributed by atoms with Gasteiger partial charge in [0.1, 0.15) is 6.61 Å². The molecule has 1 amide bonds. The minimum absolute atomic E-state index is 0.00330. The SMILES string of the molecule is COC(C(C)C(=O)O)[C@@H]1C[C@@H]2C[C@@H]2N1C(=O)OCC1c2ccccc2-c2ccccc21. The number of ether oxygens (including phenoxy) is 2. The third kappa shape index (κ3) is 3.30. The van der Waals surface area contributed by atoms with E-state index in [4.69, 9.17) is 9.47 Å². The summed E-state index contributed by atoms with van der Waals surface area (Å²) in [4.78, 5) is 26.5. The number of likely N-dealkylation sites (tertiary alicyclic amines) is 1. The van der Waals surface area contributed by atoms with Crippen molar-refractivity contribution in [1.29, 1.82) is 0 Å². The van der Waals surface area contributed by atoms with Gasteiger partial charge in [0.25, 0.3) is 0 Å². The average Bonchev–Trinajstić information content (AvgIpc) is 3.32. The molecule has 1 N–H and O–H groups in total. The van der Waals surface area contributed by atoms with Gasteiger partial charge >= 0.3 is 12.1 Å². The number of methoxy groups -OCH3 is 1. The molecule has 0 bridgehead atoms. The Labute approximate surface area is 181 Å². The number of carbonyl (C=O) groups excluding carboxylic acids is 1. The maximum Gasteiger partial charge on any atom is 0.410 e. The molecule has 2 fully saturated rings. The summed E-state index contributed by atoms with van der Waals surface area (Å²) in [5.74, 6) is -1.19. The molecular weight excluding hydrogens is 394 g/mol. The third-order valence-corrected chi connectivity index (χ3v) is 7.22. The molecule has 1 heterocycles. The van der Waals surface area contributed by atoms with Crippen molar-refractivity contribution in [3.63, 3.8) is 0 Å². The molecule has 0 radical (unpaired) electrons. The van der Waals surface area contributed by atoms with Crippen LogP contribution in [0.1, 0.15) is 36.8 Å². The van der Waals surface area contributed by atoms with Gasteiger partial charge in [0.15, 0.2) is 0 Å². The number of amides is 1. The van der Waals surface area contributed by atoms with Crippen molar-refractivity contribution in [3.05, 3.63) is 59.7 Å². The van der Waals surface area contributed by atoms with Crippen LogP contribution in [0.25, 0.3) is 11.1 Å². The summed E-state index contributed by atoms with van der Waals surface area (Å²) in [7, 11) is 1.52. The van der Waals surface area contributed by atoms with E-state index in [0.29, 0.717) is 5.92 Å². The van der Waals surface area contributed by atoms with Crippen molar-refractivity contribution in [2.24, 2.45) is 11.8 Å². The van der Waals surface area contributed by atoms with E-state index >= 15 is 0 Å². The molecule has 2 unspecified atom stereocenters. The molecule has 3 aliphatic rings. The summed E-state index contributed by atoms with van der Waals surface area (Å²) < 4.78 is 11.4. The van der Waals surface area contributed by atoms with Gasteiger partial charge in [0.2, 0.25) is 0 Å². The Morgan fingerprint density at radius 1 is 1.06 bits per heavy atom. The van der Waals surface area contributed by atoms with Crippen LogP contribution < -0.4 is 0 Å². The van der Waals surface area contributed by atoms with Gasteiger partial charge in [0.05, 0.1) is 18.1 Å². The van der Waals surface area contributed by atoms with E-state index in [2.05, 4.69) is 24.3 Å². The normalized spacial score (nSPS) is 25.4. The van der Waals surface area contributed by atoms with Gasteiger partial charge in [-0.3, -0.25) is 9.69 Å². The summed E-state index contributed by atoms with van der Waals surface area (Å²) in [5, 5.41) is 9.46. The van der Waals surface area contributed by atoms with Gasteiger partial charge in [-0.15, -0.1) is 0 Å². The van der Waals surface area contributed by atoms with Gasteiger partial charge in [-0.25, -0.2) is 4.79 Å². The first-order valence-corrected chi connectivity index (χ1v) is 10.9. The predicted octanol–water partition coefficient (Wildman–Crippen LogP) is 4.13. The van der Waals surface area contributed by atoms with E-state index in [1.54, 1.807) is 11.8 Å². The minimum Gasteiger partial charge on any atom is -0.481 e. The Kier molecular flexibility index (Phi) is 4.97. The van der Waals surface area contributed by atoms with E-state index in [1.165, 1.54) is 29.4 Å². The highest BCUT2D eigenvalue weighted by Crippen LogP contribution is 2.50. The maximum absolute atomic E-state index is 13.2. The predicted molar refractivity (Wildman–Crippen MR) is 115 cm³/mol. The fourth-order valence-corrected chi connectivity index (χ4v) is 5.56. The Hall–Kier alpha value is -2.86. The Morgan fingerprint density at radius 2 is 1.68 bits per heavy atom. The topological polar surface area (TPSA) is 76.1 Å². The first-order valence-electron chi connectivity index (χ1n) is 10.9. The molecule has 31 heavy (non-hydrogen) atoms. The van der Waals surface area contributed by atoms with Gasteiger partial charge in [0, 0.05) is 19.1 Å². The molecular formula is C25H27NO5. The highest BCUT2D eigenvalue weighted by Gasteiger charge is 2.57. The lowest BCUT2D eigenvalue weighted by molar-refractivity contribution is -0.147. The number of carboxylic acids is 1. The van der Waals surface area contributed by atoms with Gasteiger partial charge in [-0.2, -0.15) is 0 Å². The van der Waals surface area contributed by atoms with E-state index in [0.717, 1.165) is 12.8 Å². The smallest absolute Gasteiger partial charge is 0.410 e. The summed E-state index contributed by atoms with van der Waals surface area (Å²) in [6.45, 7) is 1.90. The monoisotopic (exact) mass is 421 g/mol. The van der Waals surface area contributed by atoms with Gasteiger partial charge in [-0.1, -0.05) is 48.5 Å².